The van der Waals surface area contributed by atoms with Crippen LogP contribution in [-0.2, 0) is 20.2 Å². The number of para-hydroxylation sites is 1. The fourth-order valence-corrected chi connectivity index (χ4v) is 3.77. The lowest BCUT2D eigenvalue weighted by Crippen LogP contribution is -2.01. The summed E-state index contributed by atoms with van der Waals surface area (Å²) in [5.41, 5.74) is -0.141. The van der Waals surface area contributed by atoms with E-state index < -0.39 is 35.8 Å². The molecule has 9 nitrogen and oxygen atoms in total. The molecule has 0 saturated heterocycles. The Morgan fingerprint density at radius 2 is 1.50 bits per heavy atom. The highest BCUT2D eigenvalue weighted by Gasteiger charge is 2.22. The highest BCUT2D eigenvalue weighted by molar-refractivity contribution is 7.86. The molecule has 0 amide bonds. The Morgan fingerprint density at radius 3 is 2.11 bits per heavy atom. The molecule has 0 bridgehead atoms. The molecule has 0 unspecified atom stereocenters. The van der Waals surface area contributed by atoms with Gasteiger partial charge in [0.25, 0.3) is 20.2 Å². The number of aromatic hydroxyl groups is 2. The third kappa shape index (κ3) is 3.82. The summed E-state index contributed by atoms with van der Waals surface area (Å²) in [6.45, 7) is 0. The number of rotatable bonds is 4. The van der Waals surface area contributed by atoms with Crippen molar-refractivity contribution in [3.05, 3.63) is 54.1 Å². The van der Waals surface area contributed by atoms with Crippen LogP contribution in [-0.4, -0.2) is 42.4 Å². The van der Waals surface area contributed by atoms with Gasteiger partial charge in [-0.2, -0.15) is 16.8 Å². The van der Waals surface area contributed by atoms with E-state index in [-0.39, 0.29) is 27.8 Å². The molecule has 11 heteroatoms. The van der Waals surface area contributed by atoms with Crippen LogP contribution in [0.15, 0.2) is 63.3 Å². The third-order valence-electron chi connectivity index (χ3n) is 3.85. The van der Waals surface area contributed by atoms with Crippen LogP contribution in [0.1, 0.15) is 5.56 Å². The molecule has 0 aliphatic heterocycles. The number of fused-ring (bicyclic) bond motifs is 1. The maximum absolute atomic E-state index is 11.7. The Morgan fingerprint density at radius 1 is 0.821 bits per heavy atom. The van der Waals surface area contributed by atoms with E-state index in [2.05, 4.69) is 4.99 Å². The molecule has 0 aliphatic carbocycles. The minimum Gasteiger partial charge on any atom is -0.507 e. The van der Waals surface area contributed by atoms with Gasteiger partial charge in [-0.15, -0.1) is 0 Å². The summed E-state index contributed by atoms with van der Waals surface area (Å²) in [5.74, 6) is -0.821. The number of hydrogen-bond donors (Lipinski definition) is 4. The average Bonchev–Trinajstić information content (AvgIpc) is 2.58. The van der Waals surface area contributed by atoms with Crippen LogP contribution in [0.3, 0.4) is 0 Å². The highest BCUT2D eigenvalue weighted by atomic mass is 32.2. The molecule has 0 atom stereocenters. The third-order valence-corrected chi connectivity index (χ3v) is 5.57. The summed E-state index contributed by atoms with van der Waals surface area (Å²) in [4.78, 5) is 2.75. The van der Waals surface area contributed by atoms with Gasteiger partial charge < -0.3 is 10.2 Å². The molecule has 0 saturated carbocycles. The highest BCUT2D eigenvalue weighted by Crippen LogP contribution is 2.40. The predicted octanol–water partition coefficient (Wildman–Crippen LogP) is 2.50. The maximum Gasteiger partial charge on any atom is 0.296 e. The van der Waals surface area contributed by atoms with Crippen molar-refractivity contribution in [3.8, 4) is 11.5 Å². The summed E-state index contributed by atoms with van der Waals surface area (Å²) in [6, 6.07) is 9.90. The molecule has 0 fully saturated rings. The van der Waals surface area contributed by atoms with Crippen LogP contribution >= 0.6 is 0 Å². The van der Waals surface area contributed by atoms with Crippen LogP contribution in [0.25, 0.3) is 10.8 Å². The van der Waals surface area contributed by atoms with Gasteiger partial charge in [0.1, 0.15) is 16.4 Å². The first-order chi connectivity index (χ1) is 13.0. The van der Waals surface area contributed by atoms with Crippen molar-refractivity contribution in [1.29, 1.82) is 0 Å². The first kappa shape index (κ1) is 19.8. The van der Waals surface area contributed by atoms with E-state index in [1.165, 1.54) is 12.1 Å². The topological polar surface area (TPSA) is 162 Å². The van der Waals surface area contributed by atoms with Crippen LogP contribution in [0, 0.1) is 0 Å². The van der Waals surface area contributed by atoms with Gasteiger partial charge in [-0.25, -0.2) is 0 Å². The summed E-state index contributed by atoms with van der Waals surface area (Å²) in [6.07, 6.45) is 1.12. The van der Waals surface area contributed by atoms with Crippen LogP contribution < -0.4 is 0 Å². The smallest absolute Gasteiger partial charge is 0.296 e. The minimum absolute atomic E-state index is 0.0458. The van der Waals surface area contributed by atoms with Crippen molar-refractivity contribution in [1.82, 2.24) is 0 Å². The van der Waals surface area contributed by atoms with Crippen molar-refractivity contribution >= 4 is 42.9 Å². The monoisotopic (exact) mass is 423 g/mol. The van der Waals surface area contributed by atoms with Gasteiger partial charge in [-0.3, -0.25) is 14.1 Å². The molecule has 0 heterocycles. The molecule has 0 aliphatic rings. The number of benzene rings is 3. The van der Waals surface area contributed by atoms with Crippen LogP contribution in [0.4, 0.5) is 5.69 Å². The fraction of sp³-hybridized carbons (Fsp3) is 0. The molecule has 3 aromatic carbocycles. The number of phenols is 2. The molecular weight excluding hydrogens is 410 g/mol. The summed E-state index contributed by atoms with van der Waals surface area (Å²) >= 11 is 0. The number of nitrogens with zero attached hydrogens (tertiary/aromatic N) is 1. The van der Waals surface area contributed by atoms with E-state index >= 15 is 0 Å². The summed E-state index contributed by atoms with van der Waals surface area (Å²) in [7, 11) is -9.38. The predicted molar refractivity (Wildman–Crippen MR) is 101 cm³/mol. The van der Waals surface area contributed by atoms with Gasteiger partial charge in [0.05, 0.1) is 16.0 Å². The Hall–Kier alpha value is -2.99. The normalized spacial score (nSPS) is 12.6. The second kappa shape index (κ2) is 6.87. The fourth-order valence-electron chi connectivity index (χ4n) is 2.60. The van der Waals surface area contributed by atoms with Gasteiger partial charge in [0.15, 0.2) is 0 Å². The van der Waals surface area contributed by atoms with Crippen LogP contribution in [0.2, 0.25) is 0 Å². The Bertz CT molecular complexity index is 1330. The van der Waals surface area contributed by atoms with Gasteiger partial charge in [0, 0.05) is 17.8 Å². The molecular formula is C17H13NO8S2. The van der Waals surface area contributed by atoms with Gasteiger partial charge in [0.2, 0.25) is 0 Å². The van der Waals surface area contributed by atoms with Crippen LogP contribution in [0.5, 0.6) is 11.5 Å². The molecule has 0 aromatic heterocycles. The zero-order valence-electron chi connectivity index (χ0n) is 13.9. The molecule has 3 aromatic rings. The SMILES string of the molecule is O=S(=O)(O)c1cc(O)c2c(N=Cc3ccccc3O)c(S(=O)(=O)O)ccc2c1. The van der Waals surface area contributed by atoms with E-state index in [4.69, 9.17) is 0 Å². The zero-order valence-corrected chi connectivity index (χ0v) is 15.5. The zero-order chi connectivity index (χ0) is 20.7. The molecule has 3 rings (SSSR count). The van der Waals surface area contributed by atoms with Gasteiger partial charge in [-0.05, 0) is 29.7 Å². The first-order valence-electron chi connectivity index (χ1n) is 7.55. The summed E-state index contributed by atoms with van der Waals surface area (Å²) in [5, 5.41) is 19.9. The minimum atomic E-state index is -4.75. The van der Waals surface area contributed by atoms with Crippen molar-refractivity contribution in [2.45, 2.75) is 9.79 Å². The van der Waals surface area contributed by atoms with Crippen molar-refractivity contribution in [2.75, 3.05) is 0 Å². The quantitative estimate of drug-likeness (QED) is 0.367. The molecule has 4 N–H and O–H groups in total. The molecule has 146 valence electrons. The lowest BCUT2D eigenvalue weighted by atomic mass is 10.1. The second-order valence-corrected chi connectivity index (χ2v) is 8.53. The van der Waals surface area contributed by atoms with E-state index in [1.807, 2.05) is 0 Å². The molecule has 28 heavy (non-hydrogen) atoms. The Kier molecular flexibility index (Phi) is 4.85. The van der Waals surface area contributed by atoms with Crippen molar-refractivity contribution in [3.63, 3.8) is 0 Å². The molecule has 0 radical (unpaired) electrons. The van der Waals surface area contributed by atoms with Gasteiger partial charge in [-0.1, -0.05) is 18.2 Å². The average molecular weight is 423 g/mol. The summed E-state index contributed by atoms with van der Waals surface area (Å²) < 4.78 is 64.8. The first-order valence-corrected chi connectivity index (χ1v) is 10.4. The maximum atomic E-state index is 11.7. The van der Waals surface area contributed by atoms with Crippen molar-refractivity contribution in [2.24, 2.45) is 4.99 Å². The Balaban J connectivity index is 2.36. The van der Waals surface area contributed by atoms with E-state index in [0.29, 0.717) is 0 Å². The van der Waals surface area contributed by atoms with E-state index in [9.17, 15) is 36.2 Å². The van der Waals surface area contributed by atoms with Crippen molar-refractivity contribution < 1.29 is 36.2 Å². The number of phenolic OH excluding ortho intramolecular Hbond substituents is 2. The van der Waals surface area contributed by atoms with E-state index in [1.54, 1.807) is 12.1 Å². The second-order valence-electron chi connectivity index (χ2n) is 5.72. The number of aliphatic imine (C=N–C) groups is 1. The number of hydrogen-bond acceptors (Lipinski definition) is 7. The lowest BCUT2D eigenvalue weighted by molar-refractivity contribution is 0.470. The lowest BCUT2D eigenvalue weighted by Gasteiger charge is -2.10. The Labute approximate surface area is 159 Å². The standard InChI is InChI=1S/C17H13NO8S2/c19-13-4-2-1-3-11(13)9-18-17-15(28(24,25)26)6-5-10-7-12(27(21,22)23)8-14(20)16(10)17/h1-9,19-20H,(H,21,22,23)(H,24,25,26). The molecule has 0 spiro atoms. The van der Waals surface area contributed by atoms with E-state index in [0.717, 1.165) is 30.5 Å². The van der Waals surface area contributed by atoms with Gasteiger partial charge >= 0.3 is 0 Å². The largest absolute Gasteiger partial charge is 0.507 e.